The van der Waals surface area contributed by atoms with E-state index in [1.807, 2.05) is 6.92 Å². The van der Waals surface area contributed by atoms with Crippen molar-refractivity contribution in [3.05, 3.63) is 64.7 Å². The highest BCUT2D eigenvalue weighted by Gasteiger charge is 2.77. The van der Waals surface area contributed by atoms with E-state index in [2.05, 4.69) is 0 Å². The summed E-state index contributed by atoms with van der Waals surface area (Å²) in [5.74, 6) is -2.42. The number of benzene rings is 2. The van der Waals surface area contributed by atoms with E-state index in [9.17, 15) is 23.6 Å². The molecule has 0 bridgehead atoms. The van der Waals surface area contributed by atoms with Crippen LogP contribution in [-0.4, -0.2) is 24.7 Å². The van der Waals surface area contributed by atoms with Crippen LogP contribution in [0.2, 0.25) is 5.02 Å². The number of nitriles is 1. The third-order valence-electron chi connectivity index (χ3n) is 4.56. The number of sulfone groups is 1. The maximum Gasteiger partial charge on any atom is 0.326 e. The van der Waals surface area contributed by atoms with Gasteiger partial charge in [0.2, 0.25) is 0 Å². The second-order valence-corrected chi connectivity index (χ2v) is 8.60. The Hall–Kier alpha value is -2.36. The summed E-state index contributed by atoms with van der Waals surface area (Å²) in [5.41, 5.74) is -0.711. The maximum absolute atomic E-state index is 13.0. The molecule has 3 atom stereocenters. The number of rotatable bonds is 4. The molecule has 1 aliphatic carbocycles. The number of aliphatic carboxylic acids is 1. The molecule has 2 aromatic rings. The Morgan fingerprint density at radius 1 is 1.24 bits per heavy atom. The van der Waals surface area contributed by atoms with Crippen molar-refractivity contribution >= 4 is 27.4 Å². The molecule has 7 heteroatoms. The van der Waals surface area contributed by atoms with Gasteiger partial charge >= 0.3 is 5.97 Å². The molecule has 5 nitrogen and oxygen atoms in total. The number of hydrogen-bond donors (Lipinski definition) is 1. The van der Waals surface area contributed by atoms with Gasteiger partial charge in [0.1, 0.15) is 5.25 Å². The van der Waals surface area contributed by atoms with Crippen molar-refractivity contribution in [1.29, 1.82) is 5.26 Å². The van der Waals surface area contributed by atoms with E-state index in [0.29, 0.717) is 10.6 Å². The molecule has 2 aromatic carbocycles. The fourth-order valence-corrected chi connectivity index (χ4v) is 5.68. The standard InChI is InChI=1S/C18H14ClNO4S/c1-11-5-7-14(8-6-11)25(23,24)16-15(18(16,10-20)17(21)22)12-3-2-4-13(19)9-12/h2-9,15-16H,1H3,(H,21,22)/t15-,16+,18-/m0/s1. The van der Waals surface area contributed by atoms with Gasteiger partial charge in [0, 0.05) is 10.9 Å². The molecule has 0 spiro atoms. The minimum Gasteiger partial charge on any atom is -0.480 e. The van der Waals surface area contributed by atoms with E-state index in [0.717, 1.165) is 5.56 Å². The molecule has 0 unspecified atom stereocenters. The molecule has 3 rings (SSSR count). The highest BCUT2D eigenvalue weighted by atomic mass is 35.5. The summed E-state index contributed by atoms with van der Waals surface area (Å²) in [6, 6.07) is 14.2. The molecular weight excluding hydrogens is 362 g/mol. The summed E-state index contributed by atoms with van der Waals surface area (Å²) in [4.78, 5) is 11.8. The molecule has 0 amide bonds. The molecule has 1 fully saturated rings. The van der Waals surface area contributed by atoms with Crippen LogP contribution in [0.3, 0.4) is 0 Å². The van der Waals surface area contributed by atoms with Gasteiger partial charge in [-0.3, -0.25) is 4.79 Å². The maximum atomic E-state index is 13.0. The third-order valence-corrected chi connectivity index (χ3v) is 7.04. The molecule has 0 saturated heterocycles. The summed E-state index contributed by atoms with van der Waals surface area (Å²) >= 11 is 5.95. The van der Waals surface area contributed by atoms with Crippen molar-refractivity contribution < 1.29 is 18.3 Å². The summed E-state index contributed by atoms with van der Waals surface area (Å²) < 4.78 is 26.0. The summed E-state index contributed by atoms with van der Waals surface area (Å²) in [5, 5.41) is 18.1. The van der Waals surface area contributed by atoms with Crippen molar-refractivity contribution in [1.82, 2.24) is 0 Å². The predicted octanol–water partition coefficient (Wildman–Crippen LogP) is 3.18. The normalized spacial score (nSPS) is 25.2. The third kappa shape index (κ3) is 2.60. The van der Waals surface area contributed by atoms with Gasteiger partial charge in [-0.1, -0.05) is 41.4 Å². The van der Waals surface area contributed by atoms with Crippen molar-refractivity contribution in [3.8, 4) is 6.07 Å². The van der Waals surface area contributed by atoms with E-state index in [1.165, 1.54) is 18.2 Å². The lowest BCUT2D eigenvalue weighted by molar-refractivity contribution is -0.141. The highest BCUT2D eigenvalue weighted by Crippen LogP contribution is 2.64. The van der Waals surface area contributed by atoms with Gasteiger partial charge in [-0.05, 0) is 36.8 Å². The Bertz CT molecular complexity index is 994. The number of aryl methyl sites for hydroxylation is 1. The first kappa shape index (κ1) is 17.5. The SMILES string of the molecule is Cc1ccc(S(=O)(=O)[C@@H]2[C@H](c3cccc(Cl)c3)[C@]2(C#N)C(=O)O)cc1. The zero-order valence-corrected chi connectivity index (χ0v) is 14.8. The first-order chi connectivity index (χ1) is 11.7. The summed E-state index contributed by atoms with van der Waals surface area (Å²) in [6.45, 7) is 1.82. The first-order valence-corrected chi connectivity index (χ1v) is 9.38. The Morgan fingerprint density at radius 2 is 1.88 bits per heavy atom. The lowest BCUT2D eigenvalue weighted by Crippen LogP contribution is -2.22. The van der Waals surface area contributed by atoms with Gasteiger partial charge in [0.05, 0.1) is 11.0 Å². The fraction of sp³-hybridized carbons (Fsp3) is 0.222. The van der Waals surface area contributed by atoms with Crippen LogP contribution < -0.4 is 0 Å². The molecule has 128 valence electrons. The molecular formula is C18H14ClNO4S. The van der Waals surface area contributed by atoms with Gasteiger partial charge in [-0.2, -0.15) is 5.26 Å². The number of carboxylic acid groups (broad SMARTS) is 1. The van der Waals surface area contributed by atoms with Crippen molar-refractivity contribution in [3.63, 3.8) is 0 Å². The van der Waals surface area contributed by atoms with Gasteiger partial charge in [0.15, 0.2) is 15.3 Å². The molecule has 25 heavy (non-hydrogen) atoms. The number of hydrogen-bond acceptors (Lipinski definition) is 4. The zero-order chi connectivity index (χ0) is 18.4. The summed E-state index contributed by atoms with van der Waals surface area (Å²) in [7, 11) is -4.00. The van der Waals surface area contributed by atoms with E-state index in [1.54, 1.807) is 36.4 Å². The average Bonchev–Trinajstić information content (AvgIpc) is 3.27. The molecule has 0 aliphatic heterocycles. The quantitative estimate of drug-likeness (QED) is 0.885. The zero-order valence-electron chi connectivity index (χ0n) is 13.2. The van der Waals surface area contributed by atoms with Gasteiger partial charge < -0.3 is 5.11 Å². The molecule has 1 saturated carbocycles. The van der Waals surface area contributed by atoms with E-state index < -0.39 is 32.4 Å². The minimum absolute atomic E-state index is 0.00787. The van der Waals surface area contributed by atoms with Crippen molar-refractivity contribution in [2.45, 2.75) is 23.0 Å². The van der Waals surface area contributed by atoms with Crippen molar-refractivity contribution in [2.75, 3.05) is 0 Å². The van der Waals surface area contributed by atoms with Crippen LogP contribution in [-0.2, 0) is 14.6 Å². The van der Waals surface area contributed by atoms with E-state index in [-0.39, 0.29) is 4.90 Å². The van der Waals surface area contributed by atoms with Crippen LogP contribution in [0.15, 0.2) is 53.4 Å². The van der Waals surface area contributed by atoms with Crippen LogP contribution in [0, 0.1) is 23.7 Å². The Balaban J connectivity index is 2.14. The van der Waals surface area contributed by atoms with E-state index >= 15 is 0 Å². The van der Waals surface area contributed by atoms with Gasteiger partial charge in [-0.25, -0.2) is 8.42 Å². The largest absolute Gasteiger partial charge is 0.480 e. The number of halogens is 1. The van der Waals surface area contributed by atoms with Gasteiger partial charge in [0.25, 0.3) is 0 Å². The van der Waals surface area contributed by atoms with Crippen LogP contribution in [0.4, 0.5) is 0 Å². The Morgan fingerprint density at radius 3 is 2.40 bits per heavy atom. The predicted molar refractivity (Wildman–Crippen MR) is 92.0 cm³/mol. The minimum atomic E-state index is -4.00. The monoisotopic (exact) mass is 375 g/mol. The molecule has 1 N–H and O–H groups in total. The second kappa shape index (κ2) is 5.87. The lowest BCUT2D eigenvalue weighted by atomic mass is 10.0. The Kier molecular flexibility index (Phi) is 4.10. The van der Waals surface area contributed by atoms with Crippen LogP contribution in [0.25, 0.3) is 0 Å². The first-order valence-electron chi connectivity index (χ1n) is 7.46. The average molecular weight is 376 g/mol. The highest BCUT2D eigenvalue weighted by molar-refractivity contribution is 7.92. The number of carbonyl (C=O) groups is 1. The Labute approximate surface area is 150 Å². The number of nitrogens with zero attached hydrogens (tertiary/aromatic N) is 1. The number of carboxylic acids is 1. The smallest absolute Gasteiger partial charge is 0.326 e. The molecule has 0 aromatic heterocycles. The fourth-order valence-electron chi connectivity index (χ4n) is 3.23. The molecule has 0 heterocycles. The van der Waals surface area contributed by atoms with Crippen LogP contribution in [0.5, 0.6) is 0 Å². The van der Waals surface area contributed by atoms with E-state index in [4.69, 9.17) is 11.6 Å². The molecule has 1 aliphatic rings. The van der Waals surface area contributed by atoms with Crippen molar-refractivity contribution in [2.24, 2.45) is 5.41 Å². The second-order valence-electron chi connectivity index (χ2n) is 6.10. The molecule has 0 radical (unpaired) electrons. The van der Waals surface area contributed by atoms with Gasteiger partial charge in [-0.15, -0.1) is 0 Å². The van der Waals surface area contributed by atoms with Crippen LogP contribution >= 0.6 is 11.6 Å². The lowest BCUT2D eigenvalue weighted by Gasteiger charge is -2.05. The van der Waals surface area contributed by atoms with Crippen LogP contribution in [0.1, 0.15) is 17.0 Å². The topological polar surface area (TPSA) is 95.2 Å². The summed E-state index contributed by atoms with van der Waals surface area (Å²) in [6.07, 6.45) is 0.